The second kappa shape index (κ2) is 6.93. The van der Waals surface area contributed by atoms with Crippen LogP contribution in [-0.4, -0.2) is 23.9 Å². The van der Waals surface area contributed by atoms with Crippen LogP contribution >= 0.6 is 0 Å². The van der Waals surface area contributed by atoms with Crippen LogP contribution in [0.2, 0.25) is 0 Å². The van der Waals surface area contributed by atoms with Crippen molar-refractivity contribution in [2.75, 3.05) is 11.9 Å². The SMILES string of the molecule is Cc1ccc(NC(=O)C2(CNC(=O)C(C)(C)N)CCCC2)cc1C. The molecule has 24 heavy (non-hydrogen) atoms. The number of anilines is 1. The topological polar surface area (TPSA) is 84.2 Å². The third kappa shape index (κ3) is 4.15. The van der Waals surface area contributed by atoms with Crippen LogP contribution in [0.3, 0.4) is 0 Å². The quantitative estimate of drug-likeness (QED) is 0.775. The lowest BCUT2D eigenvalue weighted by atomic mass is 9.84. The fourth-order valence-corrected chi connectivity index (χ4v) is 3.10. The molecule has 2 amide bonds. The van der Waals surface area contributed by atoms with Gasteiger partial charge in [-0.2, -0.15) is 0 Å². The molecule has 2 rings (SSSR count). The molecule has 1 saturated carbocycles. The monoisotopic (exact) mass is 331 g/mol. The third-order valence-corrected chi connectivity index (χ3v) is 4.98. The van der Waals surface area contributed by atoms with Crippen LogP contribution in [0.4, 0.5) is 5.69 Å². The number of carbonyl (C=O) groups excluding carboxylic acids is 2. The summed E-state index contributed by atoms with van der Waals surface area (Å²) in [6.45, 7) is 7.74. The van der Waals surface area contributed by atoms with Crippen LogP contribution < -0.4 is 16.4 Å². The van der Waals surface area contributed by atoms with Crippen molar-refractivity contribution >= 4 is 17.5 Å². The normalized spacial score (nSPS) is 16.7. The fourth-order valence-electron chi connectivity index (χ4n) is 3.10. The molecule has 1 aliphatic carbocycles. The Labute approximate surface area is 144 Å². The van der Waals surface area contributed by atoms with Crippen molar-refractivity contribution in [2.45, 2.75) is 58.9 Å². The van der Waals surface area contributed by atoms with Gasteiger partial charge in [-0.25, -0.2) is 0 Å². The summed E-state index contributed by atoms with van der Waals surface area (Å²) in [5, 5.41) is 5.90. The van der Waals surface area contributed by atoms with Crippen molar-refractivity contribution in [1.82, 2.24) is 5.32 Å². The summed E-state index contributed by atoms with van der Waals surface area (Å²) in [6, 6.07) is 5.91. The van der Waals surface area contributed by atoms with E-state index < -0.39 is 11.0 Å². The van der Waals surface area contributed by atoms with Crippen LogP contribution in [-0.2, 0) is 9.59 Å². The van der Waals surface area contributed by atoms with E-state index in [0.29, 0.717) is 6.54 Å². The molecule has 1 aromatic rings. The first-order chi connectivity index (χ1) is 11.1. The minimum absolute atomic E-state index is 0.0154. The van der Waals surface area contributed by atoms with Crippen molar-refractivity contribution in [3.05, 3.63) is 29.3 Å². The van der Waals surface area contributed by atoms with Gasteiger partial charge in [0.2, 0.25) is 11.8 Å². The molecule has 1 aliphatic rings. The van der Waals surface area contributed by atoms with E-state index in [9.17, 15) is 9.59 Å². The summed E-state index contributed by atoms with van der Waals surface area (Å²) in [5.74, 6) is -0.244. The highest BCUT2D eigenvalue weighted by Crippen LogP contribution is 2.38. The molecule has 4 N–H and O–H groups in total. The lowest BCUT2D eigenvalue weighted by Crippen LogP contribution is -2.53. The van der Waals surface area contributed by atoms with E-state index in [0.717, 1.165) is 36.9 Å². The van der Waals surface area contributed by atoms with Crippen molar-refractivity contribution < 1.29 is 9.59 Å². The summed E-state index contributed by atoms with van der Waals surface area (Å²) < 4.78 is 0. The van der Waals surface area contributed by atoms with Gasteiger partial charge in [-0.15, -0.1) is 0 Å². The third-order valence-electron chi connectivity index (χ3n) is 4.98. The Kier molecular flexibility index (Phi) is 5.33. The van der Waals surface area contributed by atoms with E-state index >= 15 is 0 Å². The van der Waals surface area contributed by atoms with Gasteiger partial charge in [0.15, 0.2) is 0 Å². The number of carbonyl (C=O) groups is 2. The number of amides is 2. The molecule has 0 aliphatic heterocycles. The van der Waals surface area contributed by atoms with Gasteiger partial charge in [0.1, 0.15) is 0 Å². The predicted molar refractivity (Wildman–Crippen MR) is 96.7 cm³/mol. The van der Waals surface area contributed by atoms with E-state index in [2.05, 4.69) is 10.6 Å². The van der Waals surface area contributed by atoms with E-state index in [4.69, 9.17) is 5.73 Å². The van der Waals surface area contributed by atoms with E-state index in [1.54, 1.807) is 13.8 Å². The van der Waals surface area contributed by atoms with Gasteiger partial charge in [-0.3, -0.25) is 9.59 Å². The van der Waals surface area contributed by atoms with Crippen molar-refractivity contribution in [3.8, 4) is 0 Å². The molecule has 0 aromatic heterocycles. The van der Waals surface area contributed by atoms with Crippen LogP contribution in [0.15, 0.2) is 18.2 Å². The molecule has 0 bridgehead atoms. The van der Waals surface area contributed by atoms with Crippen molar-refractivity contribution in [1.29, 1.82) is 0 Å². The Morgan fingerprint density at radius 1 is 1.17 bits per heavy atom. The summed E-state index contributed by atoms with van der Waals surface area (Å²) in [5.41, 5.74) is 7.49. The first-order valence-corrected chi connectivity index (χ1v) is 8.60. The zero-order valence-electron chi connectivity index (χ0n) is 15.2. The standard InChI is InChI=1S/C19H29N3O2/c1-13-7-8-15(11-14(13)2)22-17(24)19(9-5-6-10-19)12-21-16(23)18(3,4)20/h7-8,11H,5-6,9-10,12,20H2,1-4H3,(H,21,23)(H,22,24). The highest BCUT2D eigenvalue weighted by atomic mass is 16.2. The van der Waals surface area contributed by atoms with Gasteiger partial charge in [-0.05, 0) is 63.8 Å². The molecular weight excluding hydrogens is 302 g/mol. The van der Waals surface area contributed by atoms with Gasteiger partial charge in [0, 0.05) is 12.2 Å². The Hall–Kier alpha value is -1.88. The molecule has 5 nitrogen and oxygen atoms in total. The number of hydrogen-bond acceptors (Lipinski definition) is 3. The molecule has 1 aromatic carbocycles. The average Bonchev–Trinajstić information content (AvgIpc) is 2.98. The highest BCUT2D eigenvalue weighted by molar-refractivity contribution is 5.96. The van der Waals surface area contributed by atoms with E-state index in [1.165, 1.54) is 5.56 Å². The zero-order chi connectivity index (χ0) is 18.0. The molecular formula is C19H29N3O2. The lowest BCUT2D eigenvalue weighted by Gasteiger charge is -2.29. The van der Waals surface area contributed by atoms with Gasteiger partial charge >= 0.3 is 0 Å². The number of aryl methyl sites for hydroxylation is 2. The molecule has 1 fully saturated rings. The maximum atomic E-state index is 12.9. The van der Waals surface area contributed by atoms with Crippen LogP contribution in [0, 0.1) is 19.3 Å². The first kappa shape index (κ1) is 18.5. The molecule has 0 radical (unpaired) electrons. The van der Waals surface area contributed by atoms with Crippen molar-refractivity contribution in [3.63, 3.8) is 0 Å². The minimum Gasteiger partial charge on any atom is -0.353 e. The molecule has 5 heteroatoms. The van der Waals surface area contributed by atoms with Crippen molar-refractivity contribution in [2.24, 2.45) is 11.1 Å². The lowest BCUT2D eigenvalue weighted by molar-refractivity contribution is -0.128. The second-order valence-corrected chi connectivity index (χ2v) is 7.64. The Morgan fingerprint density at radius 3 is 2.33 bits per heavy atom. The molecule has 0 saturated heterocycles. The van der Waals surface area contributed by atoms with E-state index in [-0.39, 0.29) is 11.8 Å². The van der Waals surface area contributed by atoms with Gasteiger partial charge in [0.25, 0.3) is 0 Å². The largest absolute Gasteiger partial charge is 0.353 e. The van der Waals surface area contributed by atoms with Gasteiger partial charge in [-0.1, -0.05) is 18.9 Å². The number of rotatable bonds is 5. The molecule has 0 unspecified atom stereocenters. The highest BCUT2D eigenvalue weighted by Gasteiger charge is 2.42. The number of benzene rings is 1. The van der Waals surface area contributed by atoms with Crippen LogP contribution in [0.5, 0.6) is 0 Å². The molecule has 0 heterocycles. The summed E-state index contributed by atoms with van der Waals surface area (Å²) >= 11 is 0. The summed E-state index contributed by atoms with van der Waals surface area (Å²) in [6.07, 6.45) is 3.58. The van der Waals surface area contributed by atoms with E-state index in [1.807, 2.05) is 32.0 Å². The minimum atomic E-state index is -0.940. The van der Waals surface area contributed by atoms with Gasteiger partial charge in [0.05, 0.1) is 11.0 Å². The molecule has 0 spiro atoms. The summed E-state index contributed by atoms with van der Waals surface area (Å²) in [7, 11) is 0. The predicted octanol–water partition coefficient (Wildman–Crippen LogP) is 2.66. The zero-order valence-corrected chi connectivity index (χ0v) is 15.2. The smallest absolute Gasteiger partial charge is 0.239 e. The first-order valence-electron chi connectivity index (χ1n) is 8.60. The number of hydrogen-bond donors (Lipinski definition) is 3. The maximum absolute atomic E-state index is 12.9. The van der Waals surface area contributed by atoms with Gasteiger partial charge < -0.3 is 16.4 Å². The Bertz CT molecular complexity index is 626. The second-order valence-electron chi connectivity index (χ2n) is 7.64. The molecule has 0 atom stereocenters. The maximum Gasteiger partial charge on any atom is 0.239 e. The average molecular weight is 331 g/mol. The Morgan fingerprint density at radius 2 is 1.79 bits per heavy atom. The molecule has 132 valence electrons. The fraction of sp³-hybridized carbons (Fsp3) is 0.579. The number of nitrogens with two attached hydrogens (primary N) is 1. The Balaban J connectivity index is 2.09. The number of nitrogens with one attached hydrogen (secondary N) is 2. The van der Waals surface area contributed by atoms with Crippen LogP contribution in [0.25, 0.3) is 0 Å². The van der Waals surface area contributed by atoms with Crippen LogP contribution in [0.1, 0.15) is 50.7 Å². The summed E-state index contributed by atoms with van der Waals surface area (Å²) in [4.78, 5) is 25.0.